The van der Waals surface area contributed by atoms with Crippen LogP contribution in [0.3, 0.4) is 0 Å². The van der Waals surface area contributed by atoms with Crippen molar-refractivity contribution in [3.05, 3.63) is 81.8 Å². The summed E-state index contributed by atoms with van der Waals surface area (Å²) in [6, 6.07) is 15.5. The lowest BCUT2D eigenvalue weighted by Crippen LogP contribution is -2.39. The topological polar surface area (TPSA) is 61.4 Å². The fourth-order valence-corrected chi connectivity index (χ4v) is 4.29. The van der Waals surface area contributed by atoms with Gasteiger partial charge in [-0.2, -0.15) is 0 Å². The van der Waals surface area contributed by atoms with Gasteiger partial charge in [0.15, 0.2) is 0 Å². The summed E-state index contributed by atoms with van der Waals surface area (Å²) < 4.78 is 13.6. The molecule has 2 aromatic carbocycles. The van der Waals surface area contributed by atoms with E-state index >= 15 is 0 Å². The number of carbonyl (C=O) groups is 2. The summed E-state index contributed by atoms with van der Waals surface area (Å²) in [5.74, 6) is -0.534. The molecule has 0 fully saturated rings. The second kappa shape index (κ2) is 8.77. The molecule has 2 heterocycles. The van der Waals surface area contributed by atoms with Crippen LogP contribution in [0, 0.1) is 5.82 Å². The number of hydrogen-bond acceptors (Lipinski definition) is 4. The SMILES string of the molecule is CC1c2cc(F)ccc2CCN1CC(=O)Nc1ccc(NC(=O)c2cccs2)cc1. The average molecular weight is 424 g/mol. The molecule has 0 bridgehead atoms. The number of carbonyl (C=O) groups excluding carboxylic acids is 2. The molecule has 3 aromatic rings. The molecule has 0 saturated heterocycles. The highest BCUT2D eigenvalue weighted by Crippen LogP contribution is 2.29. The Kier molecular flexibility index (Phi) is 5.92. The van der Waals surface area contributed by atoms with Gasteiger partial charge in [-0.25, -0.2) is 4.39 Å². The third-order valence-corrected chi connectivity index (χ3v) is 6.16. The van der Waals surface area contributed by atoms with Gasteiger partial charge in [0, 0.05) is 24.0 Å². The fourth-order valence-electron chi connectivity index (χ4n) is 3.68. The smallest absolute Gasteiger partial charge is 0.265 e. The molecule has 4 rings (SSSR count). The van der Waals surface area contributed by atoms with Crippen molar-refractivity contribution >= 4 is 34.5 Å². The van der Waals surface area contributed by atoms with E-state index in [1.807, 2.05) is 29.3 Å². The van der Waals surface area contributed by atoms with Crippen LogP contribution >= 0.6 is 11.3 Å². The van der Waals surface area contributed by atoms with Gasteiger partial charge in [-0.05, 0) is 72.3 Å². The predicted octanol–water partition coefficient (Wildman–Crippen LogP) is 4.70. The number of nitrogens with zero attached hydrogens (tertiary/aromatic N) is 1. The Labute approximate surface area is 178 Å². The summed E-state index contributed by atoms with van der Waals surface area (Å²) in [5, 5.41) is 7.57. The minimum atomic E-state index is -0.252. The van der Waals surface area contributed by atoms with Gasteiger partial charge < -0.3 is 10.6 Å². The Morgan fingerprint density at radius 2 is 1.83 bits per heavy atom. The Balaban J connectivity index is 1.33. The van der Waals surface area contributed by atoms with E-state index in [1.165, 1.54) is 17.4 Å². The van der Waals surface area contributed by atoms with Crippen molar-refractivity contribution in [1.29, 1.82) is 0 Å². The first kappa shape index (κ1) is 20.3. The zero-order valence-electron chi connectivity index (χ0n) is 16.5. The van der Waals surface area contributed by atoms with Crippen molar-refractivity contribution in [3.63, 3.8) is 0 Å². The van der Waals surface area contributed by atoms with Gasteiger partial charge in [-0.15, -0.1) is 11.3 Å². The van der Waals surface area contributed by atoms with Gasteiger partial charge in [-0.3, -0.25) is 14.5 Å². The normalized spacial score (nSPS) is 16.0. The number of hydrogen-bond donors (Lipinski definition) is 2. The van der Waals surface area contributed by atoms with E-state index in [9.17, 15) is 14.0 Å². The number of rotatable bonds is 5. The first-order valence-electron chi connectivity index (χ1n) is 9.77. The van der Waals surface area contributed by atoms with Crippen LogP contribution in [0.25, 0.3) is 0 Å². The van der Waals surface area contributed by atoms with E-state index in [1.54, 1.807) is 36.4 Å². The number of benzene rings is 2. The number of nitrogens with one attached hydrogen (secondary N) is 2. The van der Waals surface area contributed by atoms with Gasteiger partial charge in [0.25, 0.3) is 5.91 Å². The number of fused-ring (bicyclic) bond motifs is 1. The molecule has 2 N–H and O–H groups in total. The van der Waals surface area contributed by atoms with Crippen molar-refractivity contribution < 1.29 is 14.0 Å². The van der Waals surface area contributed by atoms with E-state index < -0.39 is 0 Å². The molecule has 1 aliphatic rings. The van der Waals surface area contributed by atoms with Crippen LogP contribution in [0.1, 0.15) is 33.8 Å². The first-order chi connectivity index (χ1) is 14.5. The lowest BCUT2D eigenvalue weighted by Gasteiger charge is -2.34. The summed E-state index contributed by atoms with van der Waals surface area (Å²) >= 11 is 1.38. The van der Waals surface area contributed by atoms with E-state index in [0.29, 0.717) is 16.3 Å². The maximum Gasteiger partial charge on any atom is 0.265 e. The highest BCUT2D eigenvalue weighted by atomic mass is 32.1. The highest BCUT2D eigenvalue weighted by Gasteiger charge is 2.25. The minimum Gasteiger partial charge on any atom is -0.325 e. The number of halogens is 1. The van der Waals surface area contributed by atoms with Crippen LogP contribution in [0.2, 0.25) is 0 Å². The van der Waals surface area contributed by atoms with Gasteiger partial charge in [-0.1, -0.05) is 12.1 Å². The molecule has 7 heteroatoms. The van der Waals surface area contributed by atoms with E-state index in [4.69, 9.17) is 0 Å². The molecule has 0 spiro atoms. The number of anilines is 2. The van der Waals surface area contributed by atoms with Gasteiger partial charge in [0.2, 0.25) is 5.91 Å². The molecule has 0 aliphatic carbocycles. The second-order valence-electron chi connectivity index (χ2n) is 7.30. The van der Waals surface area contributed by atoms with Crippen LogP contribution in [0.5, 0.6) is 0 Å². The molecule has 154 valence electrons. The van der Waals surface area contributed by atoms with Crippen molar-refractivity contribution in [2.24, 2.45) is 0 Å². The Morgan fingerprint density at radius 3 is 2.53 bits per heavy atom. The molecule has 1 aromatic heterocycles. The van der Waals surface area contributed by atoms with Crippen molar-refractivity contribution in [1.82, 2.24) is 4.90 Å². The van der Waals surface area contributed by atoms with Gasteiger partial charge in [0.1, 0.15) is 5.82 Å². The molecule has 1 unspecified atom stereocenters. The molecular weight excluding hydrogens is 401 g/mol. The fraction of sp³-hybridized carbons (Fsp3) is 0.217. The summed E-state index contributed by atoms with van der Waals surface area (Å²) in [4.78, 5) is 27.3. The third kappa shape index (κ3) is 4.58. The molecule has 1 aliphatic heterocycles. The quantitative estimate of drug-likeness (QED) is 0.626. The van der Waals surface area contributed by atoms with Crippen molar-refractivity contribution in [2.75, 3.05) is 23.7 Å². The van der Waals surface area contributed by atoms with E-state index in [0.717, 1.165) is 24.1 Å². The number of thiophene rings is 1. The van der Waals surface area contributed by atoms with Crippen LogP contribution in [-0.2, 0) is 11.2 Å². The molecule has 2 amide bonds. The first-order valence-corrected chi connectivity index (χ1v) is 10.6. The summed E-state index contributed by atoms with van der Waals surface area (Å²) in [6.07, 6.45) is 0.797. The summed E-state index contributed by atoms with van der Waals surface area (Å²) in [7, 11) is 0. The zero-order valence-corrected chi connectivity index (χ0v) is 17.3. The lowest BCUT2D eigenvalue weighted by atomic mass is 9.93. The minimum absolute atomic E-state index is 0.0231. The van der Waals surface area contributed by atoms with Crippen LogP contribution in [0.4, 0.5) is 15.8 Å². The molecule has 1 atom stereocenters. The van der Waals surface area contributed by atoms with Crippen molar-refractivity contribution in [2.45, 2.75) is 19.4 Å². The largest absolute Gasteiger partial charge is 0.325 e. The van der Waals surface area contributed by atoms with Crippen LogP contribution in [0.15, 0.2) is 60.0 Å². The average Bonchev–Trinajstić information content (AvgIpc) is 3.27. The molecule has 30 heavy (non-hydrogen) atoms. The lowest BCUT2D eigenvalue weighted by molar-refractivity contribution is -0.117. The van der Waals surface area contributed by atoms with E-state index in [-0.39, 0.29) is 30.2 Å². The molecule has 0 saturated carbocycles. The maximum atomic E-state index is 13.6. The highest BCUT2D eigenvalue weighted by molar-refractivity contribution is 7.12. The van der Waals surface area contributed by atoms with E-state index in [2.05, 4.69) is 10.6 Å². The van der Waals surface area contributed by atoms with Crippen molar-refractivity contribution in [3.8, 4) is 0 Å². The second-order valence-corrected chi connectivity index (χ2v) is 8.24. The third-order valence-electron chi connectivity index (χ3n) is 5.29. The maximum absolute atomic E-state index is 13.6. The van der Waals surface area contributed by atoms with Crippen LogP contribution < -0.4 is 10.6 Å². The van der Waals surface area contributed by atoms with Crippen LogP contribution in [-0.4, -0.2) is 29.8 Å². The number of amides is 2. The molecular formula is C23H22FN3O2S. The summed E-state index contributed by atoms with van der Waals surface area (Å²) in [6.45, 7) is 2.98. The Morgan fingerprint density at radius 1 is 1.10 bits per heavy atom. The standard InChI is InChI=1S/C23H22FN3O2S/c1-15-20-13-17(24)5-4-16(20)10-11-27(15)14-22(28)25-18-6-8-19(9-7-18)26-23(29)21-3-2-12-30-21/h2-9,12-13,15H,10-11,14H2,1H3,(H,25,28)(H,26,29). The monoisotopic (exact) mass is 423 g/mol. The summed E-state index contributed by atoms with van der Waals surface area (Å²) in [5.41, 5.74) is 3.40. The molecule has 0 radical (unpaired) electrons. The zero-order chi connectivity index (χ0) is 21.1. The Bertz CT molecular complexity index is 1050. The van der Waals surface area contributed by atoms with Gasteiger partial charge >= 0.3 is 0 Å². The molecule has 5 nitrogen and oxygen atoms in total. The predicted molar refractivity (Wildman–Crippen MR) is 117 cm³/mol. The van der Waals surface area contributed by atoms with Gasteiger partial charge in [0.05, 0.1) is 11.4 Å². The Hall–Kier alpha value is -3.03.